The summed E-state index contributed by atoms with van der Waals surface area (Å²) in [6.45, 7) is 6.88. The lowest BCUT2D eigenvalue weighted by Crippen LogP contribution is -2.40. The molecular weight excluding hydrogens is 425 g/mol. The van der Waals surface area contributed by atoms with E-state index in [4.69, 9.17) is 9.73 Å². The van der Waals surface area contributed by atoms with Crippen molar-refractivity contribution >= 4 is 29.9 Å². The number of benzene rings is 1. The van der Waals surface area contributed by atoms with Gasteiger partial charge < -0.3 is 15.0 Å². The molecule has 3 rings (SSSR count). The number of halogens is 1. The molecule has 0 saturated carbocycles. The molecule has 0 amide bonds. The third-order valence-electron chi connectivity index (χ3n) is 5.33. The third-order valence-corrected chi connectivity index (χ3v) is 5.33. The molecular formula is C20H32IN3O. The molecule has 1 N–H and O–H groups in total. The Hall–Kier alpha value is -0.820. The molecule has 140 valence electrons. The Labute approximate surface area is 169 Å². The number of nitrogens with one attached hydrogen (secondary N) is 1. The summed E-state index contributed by atoms with van der Waals surface area (Å²) in [5.74, 6) is 2.45. The average molecular weight is 457 g/mol. The second-order valence-electron chi connectivity index (χ2n) is 7.06. The molecule has 0 aromatic heterocycles. The number of hydrogen-bond donors (Lipinski definition) is 1. The van der Waals surface area contributed by atoms with Gasteiger partial charge in [0.15, 0.2) is 5.96 Å². The Bertz CT molecular complexity index is 558. The highest BCUT2D eigenvalue weighted by Crippen LogP contribution is 2.34. The van der Waals surface area contributed by atoms with Crippen molar-refractivity contribution in [1.29, 1.82) is 0 Å². The van der Waals surface area contributed by atoms with Gasteiger partial charge in [0.05, 0.1) is 0 Å². The third kappa shape index (κ3) is 5.58. The van der Waals surface area contributed by atoms with Crippen LogP contribution in [0.15, 0.2) is 29.3 Å². The number of rotatable bonds is 6. The Morgan fingerprint density at radius 3 is 2.76 bits per heavy atom. The summed E-state index contributed by atoms with van der Waals surface area (Å²) >= 11 is 0. The summed E-state index contributed by atoms with van der Waals surface area (Å²) in [6.07, 6.45) is 4.82. The summed E-state index contributed by atoms with van der Waals surface area (Å²) in [4.78, 5) is 7.20. The van der Waals surface area contributed by atoms with Gasteiger partial charge in [-0.3, -0.25) is 4.99 Å². The van der Waals surface area contributed by atoms with Crippen LogP contribution in [0.25, 0.3) is 0 Å². The zero-order valence-electron chi connectivity index (χ0n) is 15.5. The first kappa shape index (κ1) is 20.5. The summed E-state index contributed by atoms with van der Waals surface area (Å²) in [7, 11) is 2.16. The Morgan fingerprint density at radius 2 is 2.04 bits per heavy atom. The van der Waals surface area contributed by atoms with Crippen molar-refractivity contribution in [1.82, 2.24) is 10.2 Å². The van der Waals surface area contributed by atoms with Gasteiger partial charge in [-0.2, -0.15) is 0 Å². The number of ether oxygens (including phenoxy) is 1. The Balaban J connectivity index is 0.00000225. The second kappa shape index (κ2) is 10.4. The number of fused-ring (bicyclic) bond motifs is 1. The minimum Gasteiger partial charge on any atom is -0.381 e. The van der Waals surface area contributed by atoms with Gasteiger partial charge in [-0.25, -0.2) is 0 Å². The van der Waals surface area contributed by atoms with E-state index in [-0.39, 0.29) is 24.0 Å². The molecule has 1 fully saturated rings. The summed E-state index contributed by atoms with van der Waals surface area (Å²) in [5, 5.41) is 3.45. The van der Waals surface area contributed by atoms with Gasteiger partial charge in [-0.05, 0) is 49.7 Å². The molecule has 1 aliphatic heterocycles. The number of hydrogen-bond acceptors (Lipinski definition) is 2. The first-order valence-electron chi connectivity index (χ1n) is 9.43. The summed E-state index contributed by atoms with van der Waals surface area (Å²) in [6, 6.07) is 8.76. The van der Waals surface area contributed by atoms with E-state index in [9.17, 15) is 0 Å². The highest BCUT2D eigenvalue weighted by atomic mass is 127. The SMILES string of the molecule is CCNC(=NCC1Cc2ccccc21)N(C)CCC1CCOCC1.I. The fourth-order valence-corrected chi connectivity index (χ4v) is 3.71. The zero-order chi connectivity index (χ0) is 16.8. The molecule has 1 unspecified atom stereocenters. The topological polar surface area (TPSA) is 36.9 Å². The fraction of sp³-hybridized carbons (Fsp3) is 0.650. The van der Waals surface area contributed by atoms with E-state index in [0.717, 1.165) is 44.7 Å². The first-order chi connectivity index (χ1) is 11.8. The molecule has 0 spiro atoms. The van der Waals surface area contributed by atoms with E-state index in [1.165, 1.54) is 36.8 Å². The minimum absolute atomic E-state index is 0. The van der Waals surface area contributed by atoms with Crippen LogP contribution < -0.4 is 5.32 Å². The van der Waals surface area contributed by atoms with Crippen LogP contribution in [-0.4, -0.2) is 50.8 Å². The maximum absolute atomic E-state index is 5.46. The average Bonchev–Trinajstić information content (AvgIpc) is 2.60. The van der Waals surface area contributed by atoms with Crippen LogP contribution in [0, 0.1) is 5.92 Å². The van der Waals surface area contributed by atoms with Crippen LogP contribution in [0.4, 0.5) is 0 Å². The summed E-state index contributed by atoms with van der Waals surface area (Å²) in [5.41, 5.74) is 2.98. The maximum atomic E-state index is 5.46. The number of aliphatic imine (C=N–C) groups is 1. The van der Waals surface area contributed by atoms with Gasteiger partial charge in [0.1, 0.15) is 0 Å². The largest absolute Gasteiger partial charge is 0.381 e. The van der Waals surface area contributed by atoms with Crippen LogP contribution >= 0.6 is 24.0 Å². The van der Waals surface area contributed by atoms with E-state index in [1.807, 2.05) is 0 Å². The van der Waals surface area contributed by atoms with E-state index in [1.54, 1.807) is 0 Å². The van der Waals surface area contributed by atoms with Crippen LogP contribution in [0.2, 0.25) is 0 Å². The van der Waals surface area contributed by atoms with Crippen molar-refractivity contribution in [2.75, 3.05) is 39.9 Å². The molecule has 1 aromatic carbocycles. The molecule has 25 heavy (non-hydrogen) atoms. The number of guanidine groups is 1. The molecule has 1 heterocycles. The van der Waals surface area contributed by atoms with Crippen LogP contribution in [0.5, 0.6) is 0 Å². The highest BCUT2D eigenvalue weighted by Gasteiger charge is 2.25. The van der Waals surface area contributed by atoms with Crippen LogP contribution in [0.3, 0.4) is 0 Å². The lowest BCUT2D eigenvalue weighted by molar-refractivity contribution is 0.0625. The predicted molar refractivity (Wildman–Crippen MR) is 115 cm³/mol. The van der Waals surface area contributed by atoms with Gasteiger partial charge in [0.25, 0.3) is 0 Å². The van der Waals surface area contributed by atoms with Gasteiger partial charge in [-0.15, -0.1) is 24.0 Å². The molecule has 1 aromatic rings. The molecule has 5 heteroatoms. The van der Waals surface area contributed by atoms with Crippen molar-refractivity contribution in [2.45, 2.75) is 38.5 Å². The number of nitrogens with zero attached hydrogens (tertiary/aromatic N) is 2. The van der Waals surface area contributed by atoms with Crippen LogP contribution in [0.1, 0.15) is 43.2 Å². The molecule has 0 bridgehead atoms. The van der Waals surface area contributed by atoms with Crippen molar-refractivity contribution in [2.24, 2.45) is 10.9 Å². The van der Waals surface area contributed by atoms with E-state index < -0.39 is 0 Å². The summed E-state index contributed by atoms with van der Waals surface area (Å²) < 4.78 is 5.46. The normalized spacial score (nSPS) is 20.2. The van der Waals surface area contributed by atoms with Crippen molar-refractivity contribution in [3.8, 4) is 0 Å². The van der Waals surface area contributed by atoms with Crippen molar-refractivity contribution in [3.05, 3.63) is 35.4 Å². The standard InChI is InChI=1S/C20H31N3O.HI/c1-3-21-20(23(2)11-8-16-9-12-24-13-10-16)22-15-18-14-17-6-4-5-7-19(17)18;/h4-7,16,18H,3,8-15H2,1-2H3,(H,21,22);1H. The van der Waals surface area contributed by atoms with Gasteiger partial charge in [0.2, 0.25) is 0 Å². The Morgan fingerprint density at radius 1 is 1.28 bits per heavy atom. The monoisotopic (exact) mass is 457 g/mol. The minimum atomic E-state index is 0. The first-order valence-corrected chi connectivity index (χ1v) is 9.43. The second-order valence-corrected chi connectivity index (χ2v) is 7.06. The van der Waals surface area contributed by atoms with Gasteiger partial charge in [0, 0.05) is 45.8 Å². The molecule has 1 saturated heterocycles. The van der Waals surface area contributed by atoms with Crippen LogP contribution in [-0.2, 0) is 11.2 Å². The lowest BCUT2D eigenvalue weighted by Gasteiger charge is -2.30. The lowest BCUT2D eigenvalue weighted by atomic mass is 9.78. The molecule has 1 atom stereocenters. The maximum Gasteiger partial charge on any atom is 0.193 e. The van der Waals surface area contributed by atoms with E-state index in [2.05, 4.69) is 48.5 Å². The van der Waals surface area contributed by atoms with E-state index >= 15 is 0 Å². The van der Waals surface area contributed by atoms with Crippen molar-refractivity contribution < 1.29 is 4.74 Å². The molecule has 2 aliphatic rings. The fourth-order valence-electron chi connectivity index (χ4n) is 3.71. The van der Waals surface area contributed by atoms with Crippen molar-refractivity contribution in [3.63, 3.8) is 0 Å². The molecule has 0 radical (unpaired) electrons. The predicted octanol–water partition coefficient (Wildman–Crippen LogP) is 3.66. The quantitative estimate of drug-likeness (QED) is 0.403. The Kier molecular flexibility index (Phi) is 8.49. The zero-order valence-corrected chi connectivity index (χ0v) is 17.9. The van der Waals surface area contributed by atoms with E-state index in [0.29, 0.717) is 5.92 Å². The smallest absolute Gasteiger partial charge is 0.193 e. The van der Waals surface area contributed by atoms with Gasteiger partial charge >= 0.3 is 0 Å². The molecule has 4 nitrogen and oxygen atoms in total. The van der Waals surface area contributed by atoms with Gasteiger partial charge in [-0.1, -0.05) is 24.3 Å². The molecule has 1 aliphatic carbocycles. The highest BCUT2D eigenvalue weighted by molar-refractivity contribution is 14.0.